The zero-order valence-corrected chi connectivity index (χ0v) is 13.1. The lowest BCUT2D eigenvalue weighted by atomic mass is 9.95. The standard InChI is InChI=1S/C19H25NO/c1-3-4-6-15-9-11-16(12-10-15)20-14(2)13-17-18(20)7-5-8-19(17)21/h9-13,19,21H,3-8H2,1-2H3. The Hall–Kier alpha value is -1.54. The van der Waals surface area contributed by atoms with Crippen LogP contribution in [0, 0.1) is 6.92 Å². The molecule has 0 fully saturated rings. The number of hydrogen-bond acceptors (Lipinski definition) is 1. The molecule has 0 radical (unpaired) electrons. The van der Waals surface area contributed by atoms with Gasteiger partial charge in [0, 0.05) is 22.6 Å². The van der Waals surface area contributed by atoms with Crippen molar-refractivity contribution in [3.8, 4) is 5.69 Å². The van der Waals surface area contributed by atoms with Gasteiger partial charge in [-0.25, -0.2) is 0 Å². The number of hydrogen-bond donors (Lipinski definition) is 1. The Morgan fingerprint density at radius 3 is 2.71 bits per heavy atom. The molecule has 0 spiro atoms. The Kier molecular flexibility index (Phi) is 4.16. The first-order chi connectivity index (χ1) is 10.2. The average Bonchev–Trinajstić information content (AvgIpc) is 2.83. The molecule has 1 N–H and O–H groups in total. The number of rotatable bonds is 4. The minimum absolute atomic E-state index is 0.280. The van der Waals surface area contributed by atoms with Gasteiger partial charge in [0.15, 0.2) is 0 Å². The second kappa shape index (κ2) is 6.07. The number of unbranched alkanes of at least 4 members (excludes halogenated alkanes) is 1. The van der Waals surface area contributed by atoms with Crippen molar-refractivity contribution in [2.24, 2.45) is 0 Å². The van der Waals surface area contributed by atoms with Crippen molar-refractivity contribution >= 4 is 0 Å². The third-order valence-electron chi connectivity index (χ3n) is 4.58. The molecular weight excluding hydrogens is 258 g/mol. The van der Waals surface area contributed by atoms with E-state index >= 15 is 0 Å². The first-order valence-corrected chi connectivity index (χ1v) is 8.19. The summed E-state index contributed by atoms with van der Waals surface area (Å²) in [6.45, 7) is 4.37. The van der Waals surface area contributed by atoms with E-state index in [4.69, 9.17) is 0 Å². The van der Waals surface area contributed by atoms with Crippen LogP contribution in [0.5, 0.6) is 0 Å². The fraction of sp³-hybridized carbons (Fsp3) is 0.474. The smallest absolute Gasteiger partial charge is 0.0807 e. The maximum absolute atomic E-state index is 10.2. The highest BCUT2D eigenvalue weighted by Crippen LogP contribution is 2.34. The van der Waals surface area contributed by atoms with E-state index in [1.165, 1.54) is 35.5 Å². The third-order valence-corrected chi connectivity index (χ3v) is 4.58. The first kappa shape index (κ1) is 14.4. The predicted octanol–water partition coefficient (Wildman–Crippen LogP) is 4.50. The van der Waals surface area contributed by atoms with E-state index in [2.05, 4.69) is 48.7 Å². The van der Waals surface area contributed by atoms with Crippen LogP contribution in [0.1, 0.15) is 61.2 Å². The number of fused-ring (bicyclic) bond motifs is 1. The van der Waals surface area contributed by atoms with Gasteiger partial charge in [0.05, 0.1) is 6.10 Å². The number of aliphatic hydroxyl groups excluding tert-OH is 1. The molecule has 0 saturated carbocycles. The molecule has 0 saturated heterocycles. The lowest BCUT2D eigenvalue weighted by Crippen LogP contribution is -2.11. The predicted molar refractivity (Wildman–Crippen MR) is 87.0 cm³/mol. The quantitative estimate of drug-likeness (QED) is 0.878. The maximum Gasteiger partial charge on any atom is 0.0807 e. The molecular formula is C19H25NO. The molecule has 21 heavy (non-hydrogen) atoms. The largest absolute Gasteiger partial charge is 0.388 e. The minimum atomic E-state index is -0.280. The summed E-state index contributed by atoms with van der Waals surface area (Å²) in [7, 11) is 0. The number of aryl methyl sites for hydroxylation is 2. The molecule has 1 aromatic heterocycles. The highest BCUT2D eigenvalue weighted by molar-refractivity contribution is 5.44. The molecule has 2 nitrogen and oxygen atoms in total. The highest BCUT2D eigenvalue weighted by Gasteiger charge is 2.23. The summed E-state index contributed by atoms with van der Waals surface area (Å²) in [4.78, 5) is 0. The van der Waals surface area contributed by atoms with Crippen molar-refractivity contribution in [3.05, 3.63) is 52.8 Å². The minimum Gasteiger partial charge on any atom is -0.388 e. The monoisotopic (exact) mass is 283 g/mol. The van der Waals surface area contributed by atoms with Crippen LogP contribution >= 0.6 is 0 Å². The molecule has 3 rings (SSSR count). The van der Waals surface area contributed by atoms with Gasteiger partial charge in [-0.1, -0.05) is 25.5 Å². The van der Waals surface area contributed by atoms with Crippen LogP contribution in [0.2, 0.25) is 0 Å². The van der Waals surface area contributed by atoms with Crippen molar-refractivity contribution in [2.75, 3.05) is 0 Å². The molecule has 1 atom stereocenters. The summed E-state index contributed by atoms with van der Waals surface area (Å²) < 4.78 is 2.32. The van der Waals surface area contributed by atoms with E-state index in [1.807, 2.05) is 0 Å². The van der Waals surface area contributed by atoms with Gasteiger partial charge >= 0.3 is 0 Å². The molecule has 2 heteroatoms. The molecule has 0 amide bonds. The van der Waals surface area contributed by atoms with Gasteiger partial charge in [-0.15, -0.1) is 0 Å². The maximum atomic E-state index is 10.2. The van der Waals surface area contributed by atoms with Gasteiger partial charge < -0.3 is 9.67 Å². The second-order valence-corrected chi connectivity index (χ2v) is 6.20. The van der Waals surface area contributed by atoms with Crippen molar-refractivity contribution in [1.29, 1.82) is 0 Å². The lowest BCUT2D eigenvalue weighted by Gasteiger charge is -2.20. The summed E-state index contributed by atoms with van der Waals surface area (Å²) in [6.07, 6.45) is 6.42. The molecule has 1 aliphatic carbocycles. The van der Waals surface area contributed by atoms with Gasteiger partial charge in [0.1, 0.15) is 0 Å². The van der Waals surface area contributed by atoms with Gasteiger partial charge in [-0.05, 0) is 62.8 Å². The van der Waals surface area contributed by atoms with Gasteiger partial charge in [-0.3, -0.25) is 0 Å². The Morgan fingerprint density at radius 2 is 2.00 bits per heavy atom. The molecule has 1 heterocycles. The molecule has 112 valence electrons. The zero-order valence-electron chi connectivity index (χ0n) is 13.1. The highest BCUT2D eigenvalue weighted by atomic mass is 16.3. The SMILES string of the molecule is CCCCc1ccc(-n2c(C)cc3c2CCCC3O)cc1. The number of aromatic nitrogens is 1. The topological polar surface area (TPSA) is 25.2 Å². The van der Waals surface area contributed by atoms with Gasteiger partial charge in [-0.2, -0.15) is 0 Å². The van der Waals surface area contributed by atoms with Crippen molar-refractivity contribution in [3.63, 3.8) is 0 Å². The number of nitrogens with zero attached hydrogens (tertiary/aromatic N) is 1. The first-order valence-electron chi connectivity index (χ1n) is 8.19. The molecule has 1 aromatic carbocycles. The van der Waals surface area contributed by atoms with Crippen LogP contribution in [-0.4, -0.2) is 9.67 Å². The average molecular weight is 283 g/mol. The fourth-order valence-electron chi connectivity index (χ4n) is 3.43. The van der Waals surface area contributed by atoms with Crippen molar-refractivity contribution < 1.29 is 5.11 Å². The van der Waals surface area contributed by atoms with Crippen LogP contribution in [0.3, 0.4) is 0 Å². The zero-order chi connectivity index (χ0) is 14.8. The normalized spacial score (nSPS) is 17.8. The fourth-order valence-corrected chi connectivity index (χ4v) is 3.43. The summed E-state index contributed by atoms with van der Waals surface area (Å²) in [6, 6.07) is 11.1. The summed E-state index contributed by atoms with van der Waals surface area (Å²) in [5.41, 5.74) is 6.30. The van der Waals surface area contributed by atoms with E-state index in [-0.39, 0.29) is 6.10 Å². The third kappa shape index (κ3) is 2.77. The Morgan fingerprint density at radius 1 is 1.24 bits per heavy atom. The van der Waals surface area contributed by atoms with Crippen LogP contribution < -0.4 is 0 Å². The van der Waals surface area contributed by atoms with Crippen molar-refractivity contribution in [2.45, 2.75) is 58.5 Å². The lowest BCUT2D eigenvalue weighted by molar-refractivity contribution is 0.156. The van der Waals surface area contributed by atoms with Crippen LogP contribution in [0.25, 0.3) is 5.69 Å². The number of aliphatic hydroxyl groups is 1. The Labute approximate surface area is 127 Å². The van der Waals surface area contributed by atoms with Crippen LogP contribution in [0.4, 0.5) is 0 Å². The van der Waals surface area contributed by atoms with E-state index < -0.39 is 0 Å². The molecule has 2 aromatic rings. The summed E-state index contributed by atoms with van der Waals surface area (Å²) in [5, 5.41) is 10.2. The van der Waals surface area contributed by atoms with E-state index in [0.29, 0.717) is 0 Å². The van der Waals surface area contributed by atoms with Gasteiger partial charge in [0.2, 0.25) is 0 Å². The van der Waals surface area contributed by atoms with Gasteiger partial charge in [0.25, 0.3) is 0 Å². The Balaban J connectivity index is 1.93. The molecule has 0 bridgehead atoms. The van der Waals surface area contributed by atoms with E-state index in [9.17, 15) is 5.11 Å². The van der Waals surface area contributed by atoms with Crippen LogP contribution in [0.15, 0.2) is 30.3 Å². The second-order valence-electron chi connectivity index (χ2n) is 6.20. The molecule has 1 aliphatic rings. The van der Waals surface area contributed by atoms with Crippen molar-refractivity contribution in [1.82, 2.24) is 4.57 Å². The Bertz CT molecular complexity index is 609. The summed E-state index contributed by atoms with van der Waals surface area (Å²) >= 11 is 0. The van der Waals surface area contributed by atoms with Crippen LogP contribution in [-0.2, 0) is 12.8 Å². The van der Waals surface area contributed by atoms with E-state index in [0.717, 1.165) is 31.2 Å². The van der Waals surface area contributed by atoms with E-state index in [1.54, 1.807) is 0 Å². The molecule has 0 aliphatic heterocycles. The summed E-state index contributed by atoms with van der Waals surface area (Å²) in [5.74, 6) is 0. The molecule has 1 unspecified atom stereocenters. The number of benzene rings is 1.